The van der Waals surface area contributed by atoms with Crippen LogP contribution in [-0.4, -0.2) is 34.6 Å². The summed E-state index contributed by atoms with van der Waals surface area (Å²) in [5.41, 5.74) is 2.71. The maximum absolute atomic E-state index is 4.48. The van der Waals surface area contributed by atoms with Gasteiger partial charge in [0.1, 0.15) is 12.1 Å². The smallest absolute Gasteiger partial charge is 0.135 e. The van der Waals surface area contributed by atoms with Crippen molar-refractivity contribution in [2.45, 2.75) is 19.3 Å². The number of rotatable bonds is 1. The van der Waals surface area contributed by atoms with Crippen LogP contribution in [0, 0.1) is 0 Å². The predicted octanol–water partition coefficient (Wildman–Crippen LogP) is 1.52. The molecule has 15 heavy (non-hydrogen) atoms. The average Bonchev–Trinajstić information content (AvgIpc) is 2.78. The molecule has 1 fully saturated rings. The van der Waals surface area contributed by atoms with Crippen LogP contribution in [0.5, 0.6) is 0 Å². The van der Waals surface area contributed by atoms with Crippen molar-refractivity contribution in [3.8, 4) is 0 Å². The predicted molar refractivity (Wildman–Crippen MR) is 63.6 cm³/mol. The van der Waals surface area contributed by atoms with E-state index in [1.54, 1.807) is 6.33 Å². The topological polar surface area (TPSA) is 29.0 Å². The highest BCUT2D eigenvalue weighted by Gasteiger charge is 2.21. The molecule has 0 spiro atoms. The van der Waals surface area contributed by atoms with Gasteiger partial charge in [0.2, 0.25) is 0 Å². The quantitative estimate of drug-likeness (QED) is 0.719. The van der Waals surface area contributed by atoms with Crippen molar-refractivity contribution in [3.63, 3.8) is 0 Å². The lowest BCUT2D eigenvalue weighted by atomic mass is 10.2. The van der Waals surface area contributed by atoms with Crippen molar-refractivity contribution in [1.29, 1.82) is 0 Å². The molecule has 0 atom stereocenters. The van der Waals surface area contributed by atoms with E-state index < -0.39 is 0 Å². The summed E-state index contributed by atoms with van der Waals surface area (Å²) < 4.78 is 0. The van der Waals surface area contributed by atoms with E-state index in [0.717, 1.165) is 19.5 Å². The molecule has 3 rings (SSSR count). The maximum Gasteiger partial charge on any atom is 0.135 e. The number of fused-ring (bicyclic) bond motifs is 1. The van der Waals surface area contributed by atoms with Crippen molar-refractivity contribution in [1.82, 2.24) is 9.97 Å². The van der Waals surface area contributed by atoms with Crippen LogP contribution in [0.3, 0.4) is 0 Å². The average molecular weight is 221 g/mol. The Bertz CT molecular complexity index is 361. The Kier molecular flexibility index (Phi) is 2.52. The van der Waals surface area contributed by atoms with Crippen LogP contribution in [0.4, 0.5) is 5.82 Å². The third-order valence-corrected chi connectivity index (χ3v) is 4.11. The van der Waals surface area contributed by atoms with E-state index >= 15 is 0 Å². The zero-order chi connectivity index (χ0) is 10.1. The fourth-order valence-electron chi connectivity index (χ4n) is 2.39. The summed E-state index contributed by atoms with van der Waals surface area (Å²) in [6, 6.07) is 0. The summed E-state index contributed by atoms with van der Waals surface area (Å²) in [5, 5.41) is 0. The Hall–Kier alpha value is -0.770. The first kappa shape index (κ1) is 9.46. The maximum atomic E-state index is 4.48. The fourth-order valence-corrected chi connectivity index (χ4v) is 3.29. The number of nitrogens with zero attached hydrogens (tertiary/aromatic N) is 3. The van der Waals surface area contributed by atoms with Gasteiger partial charge in [0, 0.05) is 35.9 Å². The molecule has 0 bridgehead atoms. The van der Waals surface area contributed by atoms with E-state index in [1.807, 2.05) is 11.8 Å². The molecule has 0 radical (unpaired) electrons. The van der Waals surface area contributed by atoms with Gasteiger partial charge in [-0.3, -0.25) is 0 Å². The van der Waals surface area contributed by atoms with Gasteiger partial charge >= 0.3 is 0 Å². The zero-order valence-corrected chi connectivity index (χ0v) is 9.59. The van der Waals surface area contributed by atoms with Crippen LogP contribution < -0.4 is 4.90 Å². The molecule has 0 N–H and O–H groups in total. The van der Waals surface area contributed by atoms with E-state index in [1.165, 1.54) is 41.4 Å². The zero-order valence-electron chi connectivity index (χ0n) is 8.78. The Morgan fingerprint density at radius 2 is 2.00 bits per heavy atom. The number of thioether (sulfide) groups is 1. The molecule has 0 amide bonds. The fraction of sp³-hybridized carbons (Fsp3) is 0.636. The molecule has 1 aliphatic carbocycles. The molecule has 0 aromatic carbocycles. The van der Waals surface area contributed by atoms with Crippen LogP contribution >= 0.6 is 11.8 Å². The van der Waals surface area contributed by atoms with Gasteiger partial charge in [0.05, 0.1) is 0 Å². The second-order valence-electron chi connectivity index (χ2n) is 4.08. The molecule has 0 unspecified atom stereocenters. The Balaban J connectivity index is 1.93. The highest BCUT2D eigenvalue weighted by atomic mass is 32.2. The second kappa shape index (κ2) is 4.00. The van der Waals surface area contributed by atoms with Gasteiger partial charge < -0.3 is 4.90 Å². The molecule has 2 aliphatic rings. The van der Waals surface area contributed by atoms with Crippen molar-refractivity contribution in [3.05, 3.63) is 17.6 Å². The van der Waals surface area contributed by atoms with Crippen LogP contribution in [-0.2, 0) is 12.8 Å². The largest absolute Gasteiger partial charge is 0.355 e. The van der Waals surface area contributed by atoms with Gasteiger partial charge in [-0.15, -0.1) is 0 Å². The first-order chi connectivity index (χ1) is 7.45. The third kappa shape index (κ3) is 1.71. The minimum Gasteiger partial charge on any atom is -0.355 e. The van der Waals surface area contributed by atoms with E-state index in [0.29, 0.717) is 0 Å². The lowest BCUT2D eigenvalue weighted by Crippen LogP contribution is -2.34. The summed E-state index contributed by atoms with van der Waals surface area (Å²) in [7, 11) is 0. The van der Waals surface area contributed by atoms with Crippen LogP contribution in [0.1, 0.15) is 17.7 Å². The summed E-state index contributed by atoms with van der Waals surface area (Å²) in [4.78, 5) is 11.3. The Labute approximate surface area is 94.3 Å². The molecular formula is C11H15N3S. The van der Waals surface area contributed by atoms with Gasteiger partial charge in [-0.25, -0.2) is 9.97 Å². The molecule has 80 valence electrons. The van der Waals surface area contributed by atoms with Crippen molar-refractivity contribution in [2.24, 2.45) is 0 Å². The monoisotopic (exact) mass is 221 g/mol. The number of anilines is 1. The van der Waals surface area contributed by atoms with Gasteiger partial charge in [0.15, 0.2) is 0 Å². The van der Waals surface area contributed by atoms with Crippen LogP contribution in [0.2, 0.25) is 0 Å². The van der Waals surface area contributed by atoms with Crippen LogP contribution in [0.15, 0.2) is 6.33 Å². The van der Waals surface area contributed by atoms with Crippen LogP contribution in [0.25, 0.3) is 0 Å². The number of aryl methyl sites for hydroxylation is 1. The standard InChI is InChI=1S/C11H15N3S/c1-2-9-10(3-1)12-8-13-11(9)14-4-6-15-7-5-14/h8H,1-7H2. The summed E-state index contributed by atoms with van der Waals surface area (Å²) in [6.45, 7) is 2.29. The van der Waals surface area contributed by atoms with Gasteiger partial charge in [-0.2, -0.15) is 11.8 Å². The Morgan fingerprint density at radius 1 is 1.13 bits per heavy atom. The number of hydrogen-bond acceptors (Lipinski definition) is 4. The minimum atomic E-state index is 1.15. The van der Waals surface area contributed by atoms with Gasteiger partial charge in [0.25, 0.3) is 0 Å². The highest BCUT2D eigenvalue weighted by Crippen LogP contribution is 2.28. The summed E-state index contributed by atoms with van der Waals surface area (Å²) >= 11 is 2.04. The van der Waals surface area contributed by atoms with E-state index in [9.17, 15) is 0 Å². The molecule has 1 aromatic heterocycles. The Morgan fingerprint density at radius 3 is 2.87 bits per heavy atom. The van der Waals surface area contributed by atoms with E-state index in [4.69, 9.17) is 0 Å². The lowest BCUT2D eigenvalue weighted by Gasteiger charge is -2.28. The normalized spacial score (nSPS) is 20.4. The van der Waals surface area contributed by atoms with Crippen molar-refractivity contribution >= 4 is 17.6 Å². The second-order valence-corrected chi connectivity index (χ2v) is 5.30. The van der Waals surface area contributed by atoms with Crippen molar-refractivity contribution < 1.29 is 0 Å². The first-order valence-electron chi connectivity index (χ1n) is 5.60. The third-order valence-electron chi connectivity index (χ3n) is 3.16. The number of aromatic nitrogens is 2. The molecule has 2 heterocycles. The first-order valence-corrected chi connectivity index (χ1v) is 6.76. The molecule has 0 saturated carbocycles. The van der Waals surface area contributed by atoms with Gasteiger partial charge in [-0.05, 0) is 19.3 Å². The molecule has 1 aromatic rings. The molecule has 4 heteroatoms. The summed E-state index contributed by atoms with van der Waals surface area (Å²) in [6.07, 6.45) is 5.31. The minimum absolute atomic E-state index is 1.15. The summed E-state index contributed by atoms with van der Waals surface area (Å²) in [5.74, 6) is 3.69. The SMILES string of the molecule is c1nc2c(c(N3CCSCC3)n1)CCC2. The van der Waals surface area contributed by atoms with E-state index in [-0.39, 0.29) is 0 Å². The highest BCUT2D eigenvalue weighted by molar-refractivity contribution is 7.99. The van der Waals surface area contributed by atoms with Crippen molar-refractivity contribution in [2.75, 3.05) is 29.5 Å². The number of hydrogen-bond donors (Lipinski definition) is 0. The van der Waals surface area contributed by atoms with E-state index in [2.05, 4.69) is 14.9 Å². The molecule has 1 aliphatic heterocycles. The lowest BCUT2D eigenvalue weighted by molar-refractivity contribution is 0.822. The van der Waals surface area contributed by atoms with Gasteiger partial charge in [-0.1, -0.05) is 0 Å². The molecule has 3 nitrogen and oxygen atoms in total. The molecule has 1 saturated heterocycles. The molecular weight excluding hydrogens is 206 g/mol.